The summed E-state index contributed by atoms with van der Waals surface area (Å²) in [7, 11) is 6.06. The van der Waals surface area contributed by atoms with Crippen LogP contribution in [-0.2, 0) is 0 Å². The summed E-state index contributed by atoms with van der Waals surface area (Å²) in [6, 6.07) is 0.459. The van der Waals surface area contributed by atoms with Crippen molar-refractivity contribution in [2.75, 3.05) is 73.5 Å². The Morgan fingerprint density at radius 1 is 1.07 bits per heavy atom. The van der Waals surface area contributed by atoms with E-state index in [1.54, 1.807) is 7.05 Å². The summed E-state index contributed by atoms with van der Waals surface area (Å²) in [6.45, 7) is 5.15. The fourth-order valence-corrected chi connectivity index (χ4v) is 3.84. The largest absolute Gasteiger partial charge is 0.401 e. The number of nitrogens with zero attached hydrogens (tertiary/aromatic N) is 4. The zero-order valence-electron chi connectivity index (χ0n) is 16.9. The number of piperidine rings is 1. The Labute approximate surface area is 161 Å². The van der Waals surface area contributed by atoms with E-state index < -0.39 is 12.7 Å². The first-order valence-corrected chi connectivity index (χ1v) is 9.89. The van der Waals surface area contributed by atoms with E-state index in [4.69, 9.17) is 0 Å². The number of hydrogen-bond donors (Lipinski definition) is 2. The first-order valence-electron chi connectivity index (χ1n) is 9.89. The second-order valence-electron chi connectivity index (χ2n) is 7.90. The smallest absolute Gasteiger partial charge is 0.356 e. The number of piperazine rings is 1. The molecule has 6 nitrogen and oxygen atoms in total. The van der Waals surface area contributed by atoms with Crippen LogP contribution in [0.2, 0.25) is 0 Å². The van der Waals surface area contributed by atoms with Gasteiger partial charge in [0.1, 0.15) is 0 Å². The lowest BCUT2D eigenvalue weighted by Crippen LogP contribution is -2.55. The monoisotopic (exact) mass is 392 g/mol. The van der Waals surface area contributed by atoms with E-state index >= 15 is 0 Å². The van der Waals surface area contributed by atoms with Gasteiger partial charge in [0, 0.05) is 45.8 Å². The summed E-state index contributed by atoms with van der Waals surface area (Å²) in [5, 5.41) is 6.74. The molecule has 0 amide bonds. The molecule has 158 valence electrons. The third-order valence-electron chi connectivity index (χ3n) is 5.66. The van der Waals surface area contributed by atoms with Gasteiger partial charge >= 0.3 is 6.18 Å². The highest BCUT2D eigenvalue weighted by molar-refractivity contribution is 5.79. The topological polar surface area (TPSA) is 46.1 Å². The second kappa shape index (κ2) is 10.5. The van der Waals surface area contributed by atoms with E-state index in [2.05, 4.69) is 39.5 Å². The third kappa shape index (κ3) is 8.23. The summed E-state index contributed by atoms with van der Waals surface area (Å²) < 4.78 is 37.3. The molecule has 0 bridgehead atoms. The molecule has 1 atom stereocenters. The lowest BCUT2D eigenvalue weighted by Gasteiger charge is -2.38. The van der Waals surface area contributed by atoms with Crippen molar-refractivity contribution >= 4 is 5.96 Å². The Bertz CT molecular complexity index is 463. The Balaban J connectivity index is 1.61. The van der Waals surface area contributed by atoms with Crippen molar-refractivity contribution in [3.05, 3.63) is 0 Å². The summed E-state index contributed by atoms with van der Waals surface area (Å²) >= 11 is 0. The standard InChI is InChI=1S/C18H35F3N6/c1-22-17(24-12-16-13-25(2)10-11-26(16)3)23-7-4-15-5-8-27(9-6-15)14-18(19,20)21/h15-16H,4-14H2,1-3H3,(H2,22,23,24). The van der Waals surface area contributed by atoms with Gasteiger partial charge in [0.15, 0.2) is 5.96 Å². The number of likely N-dealkylation sites (tertiary alicyclic amines) is 1. The summed E-state index contributed by atoms with van der Waals surface area (Å²) in [5.41, 5.74) is 0. The predicted octanol–water partition coefficient (Wildman–Crippen LogP) is 1.06. The van der Waals surface area contributed by atoms with E-state index in [9.17, 15) is 13.2 Å². The number of nitrogens with one attached hydrogen (secondary N) is 2. The first-order chi connectivity index (χ1) is 12.8. The highest BCUT2D eigenvalue weighted by Gasteiger charge is 2.32. The Morgan fingerprint density at radius 2 is 1.78 bits per heavy atom. The Kier molecular flexibility index (Phi) is 8.62. The van der Waals surface area contributed by atoms with Crippen LogP contribution >= 0.6 is 0 Å². The molecule has 0 radical (unpaired) electrons. The zero-order valence-corrected chi connectivity index (χ0v) is 16.9. The maximum absolute atomic E-state index is 12.4. The average molecular weight is 393 g/mol. The summed E-state index contributed by atoms with van der Waals surface area (Å²) in [6.07, 6.45) is -1.45. The molecule has 2 fully saturated rings. The van der Waals surface area contributed by atoms with Gasteiger partial charge < -0.3 is 15.5 Å². The van der Waals surface area contributed by atoms with Crippen molar-refractivity contribution in [2.24, 2.45) is 10.9 Å². The maximum atomic E-state index is 12.4. The van der Waals surface area contributed by atoms with Gasteiger partial charge in [0.05, 0.1) is 6.54 Å². The molecule has 0 saturated carbocycles. The van der Waals surface area contributed by atoms with Crippen molar-refractivity contribution < 1.29 is 13.2 Å². The molecule has 2 N–H and O–H groups in total. The molecule has 2 aliphatic heterocycles. The molecule has 2 aliphatic rings. The number of halogens is 3. The summed E-state index contributed by atoms with van der Waals surface area (Å²) in [4.78, 5) is 10.5. The van der Waals surface area contributed by atoms with Gasteiger partial charge in [-0.05, 0) is 52.4 Å². The molecule has 2 rings (SSSR count). The minimum absolute atomic E-state index is 0.459. The maximum Gasteiger partial charge on any atom is 0.401 e. The molecule has 0 aromatic rings. The Morgan fingerprint density at radius 3 is 2.41 bits per heavy atom. The molecule has 0 aromatic heterocycles. The van der Waals surface area contributed by atoms with Crippen LogP contribution < -0.4 is 10.6 Å². The highest BCUT2D eigenvalue weighted by Crippen LogP contribution is 2.23. The van der Waals surface area contributed by atoms with E-state index in [0.717, 1.165) is 57.9 Å². The first kappa shape index (κ1) is 22.2. The summed E-state index contributed by atoms with van der Waals surface area (Å²) in [5.74, 6) is 1.28. The lowest BCUT2D eigenvalue weighted by molar-refractivity contribution is -0.148. The van der Waals surface area contributed by atoms with Crippen LogP contribution in [0, 0.1) is 5.92 Å². The number of aliphatic imine (C=N–C) groups is 1. The number of rotatable bonds is 6. The molecule has 0 aromatic carbocycles. The van der Waals surface area contributed by atoms with Gasteiger partial charge in [-0.25, -0.2) is 0 Å². The number of guanidine groups is 1. The van der Waals surface area contributed by atoms with Crippen molar-refractivity contribution in [1.29, 1.82) is 0 Å². The molecule has 0 aliphatic carbocycles. The Hall–Kier alpha value is -1.06. The van der Waals surface area contributed by atoms with E-state index in [1.165, 1.54) is 4.90 Å². The average Bonchev–Trinajstić information content (AvgIpc) is 2.60. The molecular weight excluding hydrogens is 357 g/mol. The van der Waals surface area contributed by atoms with Crippen molar-refractivity contribution in [1.82, 2.24) is 25.3 Å². The van der Waals surface area contributed by atoms with E-state index in [0.29, 0.717) is 25.0 Å². The second-order valence-corrected chi connectivity index (χ2v) is 7.90. The molecule has 2 saturated heterocycles. The minimum Gasteiger partial charge on any atom is -0.356 e. The van der Waals surface area contributed by atoms with E-state index in [1.807, 2.05) is 0 Å². The van der Waals surface area contributed by atoms with Gasteiger partial charge in [-0.15, -0.1) is 0 Å². The van der Waals surface area contributed by atoms with Crippen LogP contribution in [0.1, 0.15) is 19.3 Å². The van der Waals surface area contributed by atoms with Crippen LogP contribution in [0.3, 0.4) is 0 Å². The van der Waals surface area contributed by atoms with Crippen molar-refractivity contribution in [3.63, 3.8) is 0 Å². The number of hydrogen-bond acceptors (Lipinski definition) is 4. The fraction of sp³-hybridized carbons (Fsp3) is 0.944. The van der Waals surface area contributed by atoms with Gasteiger partial charge in [-0.2, -0.15) is 13.2 Å². The van der Waals surface area contributed by atoms with Gasteiger partial charge in [0.25, 0.3) is 0 Å². The normalized spacial score (nSPS) is 25.0. The number of alkyl halides is 3. The van der Waals surface area contributed by atoms with Crippen LogP contribution in [0.5, 0.6) is 0 Å². The number of likely N-dealkylation sites (N-methyl/N-ethyl adjacent to an activating group) is 2. The molecule has 2 heterocycles. The molecule has 27 heavy (non-hydrogen) atoms. The molecular formula is C18H35F3N6. The van der Waals surface area contributed by atoms with Crippen LogP contribution in [0.4, 0.5) is 13.2 Å². The quantitative estimate of drug-likeness (QED) is 0.523. The SMILES string of the molecule is CN=C(NCCC1CCN(CC(F)(F)F)CC1)NCC1CN(C)CCN1C. The van der Waals surface area contributed by atoms with E-state index in [-0.39, 0.29) is 0 Å². The highest BCUT2D eigenvalue weighted by atomic mass is 19.4. The van der Waals surface area contributed by atoms with Crippen LogP contribution in [0.25, 0.3) is 0 Å². The van der Waals surface area contributed by atoms with Crippen LogP contribution in [0.15, 0.2) is 4.99 Å². The minimum atomic E-state index is -4.09. The lowest BCUT2D eigenvalue weighted by atomic mass is 9.93. The van der Waals surface area contributed by atoms with Crippen LogP contribution in [-0.4, -0.2) is 106 Å². The molecule has 0 spiro atoms. The molecule has 9 heteroatoms. The van der Waals surface area contributed by atoms with Crippen molar-refractivity contribution in [2.45, 2.75) is 31.5 Å². The van der Waals surface area contributed by atoms with Gasteiger partial charge in [0.2, 0.25) is 0 Å². The molecule has 1 unspecified atom stereocenters. The van der Waals surface area contributed by atoms with Crippen molar-refractivity contribution in [3.8, 4) is 0 Å². The van der Waals surface area contributed by atoms with Gasteiger partial charge in [-0.3, -0.25) is 14.8 Å². The third-order valence-corrected chi connectivity index (χ3v) is 5.66. The van der Waals surface area contributed by atoms with Gasteiger partial charge in [-0.1, -0.05) is 0 Å². The fourth-order valence-electron chi connectivity index (χ4n) is 3.84. The predicted molar refractivity (Wildman–Crippen MR) is 103 cm³/mol. The zero-order chi connectivity index (χ0) is 19.9.